The zero-order chi connectivity index (χ0) is 20.4. The fraction of sp³-hybridized carbons (Fsp3) is 0.0870. The van der Waals surface area contributed by atoms with E-state index in [1.165, 1.54) is 0 Å². The van der Waals surface area contributed by atoms with E-state index in [1.807, 2.05) is 43.3 Å². The average Bonchev–Trinajstić information content (AvgIpc) is 3.09. The van der Waals surface area contributed by atoms with Gasteiger partial charge in [-0.1, -0.05) is 18.2 Å². The molecule has 0 saturated heterocycles. The van der Waals surface area contributed by atoms with Crippen molar-refractivity contribution in [3.05, 3.63) is 89.7 Å². The minimum atomic E-state index is -0.230. The SMILES string of the molecule is CNC(=O)c1ccc(NC(=O)c2ccc3c(c2)nc(C)n3-c2ccccc2)cc1. The van der Waals surface area contributed by atoms with E-state index in [1.54, 1.807) is 43.4 Å². The van der Waals surface area contributed by atoms with Gasteiger partial charge < -0.3 is 10.6 Å². The molecule has 0 spiro atoms. The van der Waals surface area contributed by atoms with Gasteiger partial charge in [0.1, 0.15) is 5.82 Å². The smallest absolute Gasteiger partial charge is 0.255 e. The maximum Gasteiger partial charge on any atom is 0.255 e. The Bertz CT molecular complexity index is 1200. The van der Waals surface area contributed by atoms with Crippen LogP contribution in [-0.4, -0.2) is 28.4 Å². The number of carbonyl (C=O) groups excluding carboxylic acids is 2. The second-order valence-electron chi connectivity index (χ2n) is 6.64. The van der Waals surface area contributed by atoms with Crippen LogP contribution in [0.1, 0.15) is 26.5 Å². The minimum Gasteiger partial charge on any atom is -0.355 e. The molecular formula is C23H20N4O2. The molecule has 1 aromatic heterocycles. The number of para-hydroxylation sites is 1. The molecule has 0 unspecified atom stereocenters. The van der Waals surface area contributed by atoms with Crippen molar-refractivity contribution in [3.63, 3.8) is 0 Å². The Balaban J connectivity index is 1.60. The second kappa shape index (κ2) is 7.59. The monoisotopic (exact) mass is 384 g/mol. The van der Waals surface area contributed by atoms with E-state index in [0.717, 1.165) is 22.5 Å². The highest BCUT2D eigenvalue weighted by Crippen LogP contribution is 2.23. The molecule has 3 aromatic carbocycles. The number of aromatic nitrogens is 2. The van der Waals surface area contributed by atoms with Gasteiger partial charge in [0.2, 0.25) is 0 Å². The van der Waals surface area contributed by atoms with Crippen LogP contribution in [0.4, 0.5) is 5.69 Å². The van der Waals surface area contributed by atoms with Crippen LogP contribution in [0.3, 0.4) is 0 Å². The second-order valence-corrected chi connectivity index (χ2v) is 6.64. The first-order chi connectivity index (χ1) is 14.1. The predicted octanol–water partition coefficient (Wildman–Crippen LogP) is 3.95. The van der Waals surface area contributed by atoms with E-state index in [2.05, 4.69) is 20.2 Å². The lowest BCUT2D eigenvalue weighted by Crippen LogP contribution is -2.17. The molecule has 6 heteroatoms. The highest BCUT2D eigenvalue weighted by molar-refractivity contribution is 6.06. The first-order valence-electron chi connectivity index (χ1n) is 9.25. The number of carbonyl (C=O) groups is 2. The molecule has 0 aliphatic heterocycles. The summed E-state index contributed by atoms with van der Waals surface area (Å²) in [5, 5.41) is 5.42. The fourth-order valence-electron chi connectivity index (χ4n) is 3.30. The fourth-order valence-corrected chi connectivity index (χ4v) is 3.30. The van der Waals surface area contributed by atoms with Gasteiger partial charge in [-0.2, -0.15) is 0 Å². The molecule has 0 atom stereocenters. The quantitative estimate of drug-likeness (QED) is 0.559. The molecule has 2 amide bonds. The van der Waals surface area contributed by atoms with Crippen LogP contribution < -0.4 is 10.6 Å². The maximum absolute atomic E-state index is 12.7. The summed E-state index contributed by atoms with van der Waals surface area (Å²) >= 11 is 0. The van der Waals surface area contributed by atoms with Gasteiger partial charge in [0, 0.05) is 29.5 Å². The van der Waals surface area contributed by atoms with E-state index in [9.17, 15) is 9.59 Å². The molecule has 1 heterocycles. The van der Waals surface area contributed by atoms with Crippen molar-refractivity contribution < 1.29 is 9.59 Å². The molecule has 6 nitrogen and oxygen atoms in total. The number of anilines is 1. The number of hydrogen-bond donors (Lipinski definition) is 2. The Morgan fingerprint density at radius 1 is 0.862 bits per heavy atom. The first kappa shape index (κ1) is 18.4. The Hall–Kier alpha value is -3.93. The molecule has 0 aliphatic carbocycles. The van der Waals surface area contributed by atoms with E-state index >= 15 is 0 Å². The van der Waals surface area contributed by atoms with Crippen LogP contribution in [-0.2, 0) is 0 Å². The normalized spacial score (nSPS) is 10.7. The lowest BCUT2D eigenvalue weighted by molar-refractivity contribution is 0.0962. The first-order valence-corrected chi connectivity index (χ1v) is 9.25. The third-order valence-electron chi connectivity index (χ3n) is 4.73. The largest absolute Gasteiger partial charge is 0.355 e. The van der Waals surface area contributed by atoms with Gasteiger partial charge in [0.25, 0.3) is 11.8 Å². The van der Waals surface area contributed by atoms with E-state index in [-0.39, 0.29) is 11.8 Å². The van der Waals surface area contributed by atoms with Crippen LogP contribution in [0, 0.1) is 6.92 Å². The van der Waals surface area contributed by atoms with Crippen molar-refractivity contribution >= 4 is 28.5 Å². The standard InChI is InChI=1S/C23H20N4O2/c1-15-25-20-14-17(10-13-21(20)27(15)19-6-4-3-5-7-19)23(29)26-18-11-8-16(9-12-18)22(28)24-2/h3-14H,1-2H3,(H,24,28)(H,26,29). The lowest BCUT2D eigenvalue weighted by atomic mass is 10.1. The lowest BCUT2D eigenvalue weighted by Gasteiger charge is -2.08. The number of aryl methyl sites for hydroxylation is 1. The van der Waals surface area contributed by atoms with Crippen molar-refractivity contribution in [1.82, 2.24) is 14.9 Å². The molecule has 144 valence electrons. The van der Waals surface area contributed by atoms with Gasteiger partial charge >= 0.3 is 0 Å². The number of fused-ring (bicyclic) bond motifs is 1. The van der Waals surface area contributed by atoms with Crippen molar-refractivity contribution in [1.29, 1.82) is 0 Å². The zero-order valence-corrected chi connectivity index (χ0v) is 16.1. The summed E-state index contributed by atoms with van der Waals surface area (Å²) in [6.45, 7) is 1.95. The summed E-state index contributed by atoms with van der Waals surface area (Å²) in [7, 11) is 1.58. The third-order valence-corrected chi connectivity index (χ3v) is 4.73. The van der Waals surface area contributed by atoms with E-state index in [0.29, 0.717) is 16.8 Å². The topological polar surface area (TPSA) is 76.0 Å². The number of hydrogen-bond acceptors (Lipinski definition) is 3. The Morgan fingerprint density at radius 3 is 2.24 bits per heavy atom. The summed E-state index contributed by atoms with van der Waals surface area (Å²) in [5.74, 6) is 0.456. The summed E-state index contributed by atoms with van der Waals surface area (Å²) in [5.41, 5.74) is 4.41. The minimum absolute atomic E-state index is 0.169. The van der Waals surface area contributed by atoms with Gasteiger partial charge in [0.15, 0.2) is 0 Å². The number of imidazole rings is 1. The molecular weight excluding hydrogens is 364 g/mol. The number of nitrogens with one attached hydrogen (secondary N) is 2. The summed E-state index contributed by atoms with van der Waals surface area (Å²) in [6, 6.07) is 22.2. The van der Waals surface area contributed by atoms with E-state index in [4.69, 9.17) is 0 Å². The van der Waals surface area contributed by atoms with Crippen LogP contribution >= 0.6 is 0 Å². The van der Waals surface area contributed by atoms with Crippen molar-refractivity contribution in [2.45, 2.75) is 6.92 Å². The van der Waals surface area contributed by atoms with Crippen molar-refractivity contribution in [2.24, 2.45) is 0 Å². The molecule has 2 N–H and O–H groups in total. The molecule has 4 aromatic rings. The number of nitrogens with zero attached hydrogens (tertiary/aromatic N) is 2. The van der Waals surface area contributed by atoms with Crippen LogP contribution in [0.2, 0.25) is 0 Å². The molecule has 0 bridgehead atoms. The molecule has 4 rings (SSSR count). The number of benzene rings is 3. The molecule has 0 saturated carbocycles. The van der Waals surface area contributed by atoms with Crippen molar-refractivity contribution in [2.75, 3.05) is 12.4 Å². The Morgan fingerprint density at radius 2 is 1.55 bits per heavy atom. The van der Waals surface area contributed by atoms with Gasteiger partial charge in [-0.15, -0.1) is 0 Å². The molecule has 0 aliphatic rings. The van der Waals surface area contributed by atoms with Gasteiger partial charge in [0.05, 0.1) is 11.0 Å². The Labute approximate surface area is 168 Å². The van der Waals surface area contributed by atoms with Gasteiger partial charge in [-0.25, -0.2) is 4.98 Å². The number of amides is 2. The van der Waals surface area contributed by atoms with Crippen molar-refractivity contribution in [3.8, 4) is 5.69 Å². The highest BCUT2D eigenvalue weighted by atomic mass is 16.2. The maximum atomic E-state index is 12.7. The summed E-state index contributed by atoms with van der Waals surface area (Å²) in [4.78, 5) is 28.9. The average molecular weight is 384 g/mol. The Kier molecular flexibility index (Phi) is 4.83. The predicted molar refractivity (Wildman–Crippen MR) is 114 cm³/mol. The van der Waals surface area contributed by atoms with E-state index < -0.39 is 0 Å². The third kappa shape index (κ3) is 3.60. The molecule has 29 heavy (non-hydrogen) atoms. The zero-order valence-electron chi connectivity index (χ0n) is 16.1. The van der Waals surface area contributed by atoms with Crippen LogP contribution in [0.15, 0.2) is 72.8 Å². The molecule has 0 fully saturated rings. The summed E-state index contributed by atoms with van der Waals surface area (Å²) in [6.07, 6.45) is 0. The number of rotatable bonds is 4. The summed E-state index contributed by atoms with van der Waals surface area (Å²) < 4.78 is 2.06. The van der Waals surface area contributed by atoms with Gasteiger partial charge in [-0.3, -0.25) is 14.2 Å². The van der Waals surface area contributed by atoms with Crippen LogP contribution in [0.25, 0.3) is 16.7 Å². The van der Waals surface area contributed by atoms with Crippen LogP contribution in [0.5, 0.6) is 0 Å². The van der Waals surface area contributed by atoms with Gasteiger partial charge in [-0.05, 0) is 61.5 Å². The molecule has 0 radical (unpaired) electrons. The highest BCUT2D eigenvalue weighted by Gasteiger charge is 2.13.